The first-order chi connectivity index (χ1) is 9.16. The number of nitrogens with one attached hydrogen (secondary N) is 2. The highest BCUT2D eigenvalue weighted by Gasteiger charge is 2.05. The van der Waals surface area contributed by atoms with Gasteiger partial charge in [0.25, 0.3) is 5.91 Å². The fourth-order valence-electron chi connectivity index (χ4n) is 1.74. The molecule has 2 N–H and O–H groups in total. The molecule has 2 rings (SSSR count). The highest BCUT2D eigenvalue weighted by Crippen LogP contribution is 2.20. The van der Waals surface area contributed by atoms with Crippen LogP contribution in [0.2, 0.25) is 0 Å². The molecule has 0 radical (unpaired) electrons. The molecule has 19 heavy (non-hydrogen) atoms. The molecule has 0 fully saturated rings. The molecule has 0 atom stereocenters. The lowest BCUT2D eigenvalue weighted by atomic mass is 10.1. The summed E-state index contributed by atoms with van der Waals surface area (Å²) in [5.41, 5.74) is 3.27. The summed E-state index contributed by atoms with van der Waals surface area (Å²) >= 11 is 0. The number of carbonyl (C=O) groups excluding carboxylic acids is 1. The van der Waals surface area contributed by atoms with Crippen LogP contribution in [-0.2, 0) is 11.3 Å². The van der Waals surface area contributed by atoms with Gasteiger partial charge < -0.3 is 15.0 Å². The van der Waals surface area contributed by atoms with E-state index in [-0.39, 0.29) is 12.5 Å². The number of aromatic amines is 1. The van der Waals surface area contributed by atoms with Crippen molar-refractivity contribution in [1.29, 1.82) is 0 Å². The molecule has 0 saturated carbocycles. The van der Waals surface area contributed by atoms with E-state index >= 15 is 0 Å². The van der Waals surface area contributed by atoms with Gasteiger partial charge >= 0.3 is 0 Å². The Kier molecular flexibility index (Phi) is 4.23. The summed E-state index contributed by atoms with van der Waals surface area (Å²) in [6.45, 7) is 4.56. The van der Waals surface area contributed by atoms with Gasteiger partial charge in [-0.05, 0) is 42.7 Å². The van der Waals surface area contributed by atoms with Crippen molar-refractivity contribution in [2.75, 3.05) is 6.61 Å². The van der Waals surface area contributed by atoms with E-state index in [1.807, 2.05) is 50.5 Å². The second-order valence-electron chi connectivity index (χ2n) is 4.48. The van der Waals surface area contributed by atoms with Gasteiger partial charge in [-0.1, -0.05) is 12.1 Å². The van der Waals surface area contributed by atoms with Crippen LogP contribution in [0.1, 0.15) is 16.7 Å². The molecule has 0 saturated heterocycles. The predicted octanol–water partition coefficient (Wildman–Crippen LogP) is 2.33. The lowest BCUT2D eigenvalue weighted by Crippen LogP contribution is -2.28. The molecule has 1 aromatic carbocycles. The molecule has 0 aliphatic carbocycles. The van der Waals surface area contributed by atoms with Crippen LogP contribution in [0.5, 0.6) is 5.75 Å². The van der Waals surface area contributed by atoms with Crippen LogP contribution in [-0.4, -0.2) is 17.5 Å². The molecule has 4 nitrogen and oxygen atoms in total. The fourth-order valence-corrected chi connectivity index (χ4v) is 1.74. The van der Waals surface area contributed by atoms with Gasteiger partial charge in [0.15, 0.2) is 6.61 Å². The maximum Gasteiger partial charge on any atom is 0.258 e. The average Bonchev–Trinajstić information content (AvgIpc) is 2.91. The third-order valence-electron chi connectivity index (χ3n) is 3.07. The van der Waals surface area contributed by atoms with Gasteiger partial charge in [-0.15, -0.1) is 0 Å². The van der Waals surface area contributed by atoms with Gasteiger partial charge in [0, 0.05) is 18.9 Å². The second-order valence-corrected chi connectivity index (χ2v) is 4.48. The zero-order chi connectivity index (χ0) is 13.7. The number of benzene rings is 1. The van der Waals surface area contributed by atoms with E-state index in [1.165, 1.54) is 0 Å². The van der Waals surface area contributed by atoms with E-state index in [0.29, 0.717) is 6.54 Å². The number of carbonyl (C=O) groups is 1. The van der Waals surface area contributed by atoms with Crippen molar-refractivity contribution < 1.29 is 9.53 Å². The molecule has 1 amide bonds. The summed E-state index contributed by atoms with van der Waals surface area (Å²) in [5.74, 6) is 0.638. The van der Waals surface area contributed by atoms with Crippen molar-refractivity contribution in [2.24, 2.45) is 0 Å². The number of H-pyrrole nitrogens is 1. The van der Waals surface area contributed by atoms with Gasteiger partial charge in [0.05, 0.1) is 0 Å². The van der Waals surface area contributed by atoms with Crippen molar-refractivity contribution in [3.8, 4) is 5.75 Å². The fraction of sp³-hybridized carbons (Fsp3) is 0.267. The van der Waals surface area contributed by atoms with E-state index in [0.717, 1.165) is 22.4 Å². The summed E-state index contributed by atoms with van der Waals surface area (Å²) in [4.78, 5) is 14.6. The second kappa shape index (κ2) is 6.09. The third kappa shape index (κ3) is 3.61. The lowest BCUT2D eigenvalue weighted by molar-refractivity contribution is -0.123. The van der Waals surface area contributed by atoms with E-state index in [4.69, 9.17) is 4.74 Å². The van der Waals surface area contributed by atoms with Crippen molar-refractivity contribution in [3.63, 3.8) is 0 Å². The first kappa shape index (κ1) is 13.2. The topological polar surface area (TPSA) is 54.1 Å². The van der Waals surface area contributed by atoms with Crippen LogP contribution < -0.4 is 10.1 Å². The standard InChI is InChI=1S/C15H18N2O2/c1-11-4-3-5-14(12(11)2)19-10-15(18)17-9-13-6-7-16-8-13/h3-8,16H,9-10H2,1-2H3,(H,17,18). The minimum absolute atomic E-state index is 0.0364. The maximum absolute atomic E-state index is 11.7. The van der Waals surface area contributed by atoms with Crippen LogP contribution in [0.15, 0.2) is 36.7 Å². The maximum atomic E-state index is 11.7. The van der Waals surface area contributed by atoms with Crippen LogP contribution in [0.4, 0.5) is 0 Å². The minimum Gasteiger partial charge on any atom is -0.483 e. The first-order valence-electron chi connectivity index (χ1n) is 6.24. The van der Waals surface area contributed by atoms with E-state index in [2.05, 4.69) is 10.3 Å². The Morgan fingerprint density at radius 3 is 2.89 bits per heavy atom. The number of aromatic nitrogens is 1. The Hall–Kier alpha value is -2.23. The molecular formula is C15H18N2O2. The van der Waals surface area contributed by atoms with Gasteiger partial charge in [0.2, 0.25) is 0 Å². The molecule has 100 valence electrons. The number of rotatable bonds is 5. The average molecular weight is 258 g/mol. The molecule has 0 aliphatic rings. The van der Waals surface area contributed by atoms with Crippen molar-refractivity contribution >= 4 is 5.91 Å². The number of ether oxygens (including phenoxy) is 1. The summed E-state index contributed by atoms with van der Waals surface area (Å²) in [7, 11) is 0. The smallest absolute Gasteiger partial charge is 0.258 e. The molecule has 1 aromatic heterocycles. The van der Waals surface area contributed by atoms with Crippen LogP contribution >= 0.6 is 0 Å². The molecule has 0 unspecified atom stereocenters. The summed E-state index contributed by atoms with van der Waals surface area (Å²) in [5, 5.41) is 2.81. The Morgan fingerprint density at radius 2 is 2.16 bits per heavy atom. The molecule has 0 bridgehead atoms. The quantitative estimate of drug-likeness (QED) is 0.864. The zero-order valence-electron chi connectivity index (χ0n) is 11.2. The molecule has 0 spiro atoms. The third-order valence-corrected chi connectivity index (χ3v) is 3.07. The molecular weight excluding hydrogens is 240 g/mol. The summed E-state index contributed by atoms with van der Waals surface area (Å²) in [6.07, 6.45) is 3.68. The zero-order valence-corrected chi connectivity index (χ0v) is 11.2. The highest BCUT2D eigenvalue weighted by molar-refractivity contribution is 5.77. The predicted molar refractivity (Wildman–Crippen MR) is 74.1 cm³/mol. The Balaban J connectivity index is 1.81. The number of amides is 1. The molecule has 0 aliphatic heterocycles. The highest BCUT2D eigenvalue weighted by atomic mass is 16.5. The van der Waals surface area contributed by atoms with Gasteiger partial charge in [-0.2, -0.15) is 0 Å². The van der Waals surface area contributed by atoms with Gasteiger partial charge in [-0.3, -0.25) is 4.79 Å². The van der Waals surface area contributed by atoms with E-state index < -0.39 is 0 Å². The van der Waals surface area contributed by atoms with Crippen LogP contribution in [0.3, 0.4) is 0 Å². The molecule has 4 heteroatoms. The number of hydrogen-bond donors (Lipinski definition) is 2. The SMILES string of the molecule is Cc1cccc(OCC(=O)NCc2cc[nH]c2)c1C. The summed E-state index contributed by atoms with van der Waals surface area (Å²) < 4.78 is 5.53. The molecule has 1 heterocycles. The minimum atomic E-state index is -0.123. The van der Waals surface area contributed by atoms with Crippen LogP contribution in [0.25, 0.3) is 0 Å². The Labute approximate surface area is 112 Å². The Bertz CT molecular complexity index is 547. The van der Waals surface area contributed by atoms with Gasteiger partial charge in [0.1, 0.15) is 5.75 Å². The van der Waals surface area contributed by atoms with E-state index in [9.17, 15) is 4.79 Å². The Morgan fingerprint density at radius 1 is 1.32 bits per heavy atom. The van der Waals surface area contributed by atoms with E-state index in [1.54, 1.807) is 0 Å². The summed E-state index contributed by atoms with van der Waals surface area (Å²) in [6, 6.07) is 7.75. The van der Waals surface area contributed by atoms with Crippen LogP contribution in [0, 0.1) is 13.8 Å². The van der Waals surface area contributed by atoms with Gasteiger partial charge in [-0.25, -0.2) is 0 Å². The van der Waals surface area contributed by atoms with Crippen molar-refractivity contribution in [1.82, 2.24) is 10.3 Å². The number of aryl methyl sites for hydroxylation is 1. The van der Waals surface area contributed by atoms with Crippen molar-refractivity contribution in [3.05, 3.63) is 53.3 Å². The normalized spacial score (nSPS) is 10.2. The largest absolute Gasteiger partial charge is 0.483 e. The van der Waals surface area contributed by atoms with Crippen molar-refractivity contribution in [2.45, 2.75) is 20.4 Å². The lowest BCUT2D eigenvalue weighted by Gasteiger charge is -2.10. The first-order valence-corrected chi connectivity index (χ1v) is 6.24. The number of hydrogen-bond acceptors (Lipinski definition) is 2. The molecule has 2 aromatic rings. The monoisotopic (exact) mass is 258 g/mol.